The molecule has 0 bridgehead atoms. The lowest BCUT2D eigenvalue weighted by molar-refractivity contribution is -0.142. The molecule has 1 N–H and O–H groups in total. The van der Waals surface area contributed by atoms with Crippen molar-refractivity contribution < 1.29 is 27.4 Å². The van der Waals surface area contributed by atoms with Gasteiger partial charge >= 0.3 is 5.97 Å². The second-order valence-electron chi connectivity index (χ2n) is 4.84. The van der Waals surface area contributed by atoms with Crippen LogP contribution in [0.2, 0.25) is 0 Å². The molecule has 1 aliphatic rings. The number of piperidine rings is 1. The summed E-state index contributed by atoms with van der Waals surface area (Å²) in [5.74, 6) is -2.54. The highest BCUT2D eigenvalue weighted by molar-refractivity contribution is 7.89. The van der Waals surface area contributed by atoms with Gasteiger partial charge in [0.25, 0.3) is 0 Å². The fourth-order valence-electron chi connectivity index (χ4n) is 2.31. The molecule has 1 aromatic carbocycles. The highest BCUT2D eigenvalue weighted by atomic mass is 32.2. The van der Waals surface area contributed by atoms with Gasteiger partial charge in [-0.15, -0.1) is 0 Å². The molecule has 1 aromatic rings. The van der Waals surface area contributed by atoms with Crippen molar-refractivity contribution in [2.24, 2.45) is 5.92 Å². The summed E-state index contributed by atoms with van der Waals surface area (Å²) in [6.07, 6.45) is 0.933. The molecule has 1 fully saturated rings. The van der Waals surface area contributed by atoms with E-state index in [-0.39, 0.29) is 23.7 Å². The predicted octanol–water partition coefficient (Wildman–Crippen LogP) is 1.32. The second kappa shape index (κ2) is 5.98. The molecular weight excluding hydrogens is 301 g/mol. The second-order valence-corrected chi connectivity index (χ2v) is 6.77. The lowest BCUT2D eigenvalue weighted by Gasteiger charge is -2.29. The Balaban J connectivity index is 2.31. The SMILES string of the molecule is COc1cc(S(=O)(=O)N2CCCC(C(=O)O)C2)ccc1F. The molecule has 8 heteroatoms. The summed E-state index contributed by atoms with van der Waals surface area (Å²) >= 11 is 0. The van der Waals surface area contributed by atoms with Crippen LogP contribution in [0, 0.1) is 11.7 Å². The molecule has 1 heterocycles. The van der Waals surface area contributed by atoms with Crippen molar-refractivity contribution >= 4 is 16.0 Å². The van der Waals surface area contributed by atoms with Crippen molar-refractivity contribution in [2.75, 3.05) is 20.2 Å². The van der Waals surface area contributed by atoms with Crippen LogP contribution in [0.4, 0.5) is 4.39 Å². The van der Waals surface area contributed by atoms with Crippen molar-refractivity contribution in [2.45, 2.75) is 17.7 Å². The van der Waals surface area contributed by atoms with Crippen LogP contribution in [0.15, 0.2) is 23.1 Å². The summed E-state index contributed by atoms with van der Waals surface area (Å²) in [6.45, 7) is 0.184. The van der Waals surface area contributed by atoms with E-state index in [1.807, 2.05) is 0 Å². The number of methoxy groups -OCH3 is 1. The lowest BCUT2D eigenvalue weighted by Crippen LogP contribution is -2.42. The largest absolute Gasteiger partial charge is 0.494 e. The highest BCUT2D eigenvalue weighted by Gasteiger charge is 2.33. The maximum absolute atomic E-state index is 13.4. The van der Waals surface area contributed by atoms with Crippen LogP contribution >= 0.6 is 0 Å². The number of hydrogen-bond acceptors (Lipinski definition) is 4. The molecule has 1 unspecified atom stereocenters. The Kier molecular flexibility index (Phi) is 4.48. The maximum atomic E-state index is 13.4. The summed E-state index contributed by atoms with van der Waals surface area (Å²) in [5.41, 5.74) is 0. The lowest BCUT2D eigenvalue weighted by atomic mass is 10.0. The molecular formula is C13H16FNO5S. The van der Waals surface area contributed by atoms with Gasteiger partial charge in [-0.2, -0.15) is 4.31 Å². The summed E-state index contributed by atoms with van der Waals surface area (Å²) in [7, 11) is -2.61. The van der Waals surface area contributed by atoms with Crippen molar-refractivity contribution in [1.29, 1.82) is 0 Å². The minimum absolute atomic E-state index is 0.0721. The van der Waals surface area contributed by atoms with Crippen LogP contribution in [0.1, 0.15) is 12.8 Å². The van der Waals surface area contributed by atoms with E-state index >= 15 is 0 Å². The Bertz CT molecular complexity index is 646. The Labute approximate surface area is 122 Å². The van der Waals surface area contributed by atoms with E-state index in [2.05, 4.69) is 0 Å². The molecule has 1 aliphatic heterocycles. The molecule has 116 valence electrons. The molecule has 0 aliphatic carbocycles. The molecule has 0 radical (unpaired) electrons. The van der Waals surface area contributed by atoms with Crippen LogP contribution < -0.4 is 4.74 Å². The number of benzene rings is 1. The van der Waals surface area contributed by atoms with E-state index in [0.29, 0.717) is 12.8 Å². The van der Waals surface area contributed by atoms with Crippen molar-refractivity contribution in [3.05, 3.63) is 24.0 Å². The van der Waals surface area contributed by atoms with Gasteiger partial charge in [-0.25, -0.2) is 12.8 Å². The van der Waals surface area contributed by atoms with Crippen molar-refractivity contribution in [3.8, 4) is 5.75 Å². The molecule has 0 spiro atoms. The van der Waals surface area contributed by atoms with E-state index in [9.17, 15) is 17.6 Å². The molecule has 2 rings (SSSR count). The van der Waals surface area contributed by atoms with E-state index in [0.717, 1.165) is 22.5 Å². The van der Waals surface area contributed by atoms with Gasteiger partial charge in [0.05, 0.1) is 17.9 Å². The number of sulfonamides is 1. The van der Waals surface area contributed by atoms with E-state index in [4.69, 9.17) is 9.84 Å². The van der Waals surface area contributed by atoms with Crippen molar-refractivity contribution in [1.82, 2.24) is 4.31 Å². The molecule has 1 saturated heterocycles. The molecule has 0 saturated carbocycles. The number of halogens is 1. The Morgan fingerprint density at radius 3 is 2.81 bits per heavy atom. The summed E-state index contributed by atoms with van der Waals surface area (Å²) in [5, 5.41) is 9.02. The number of ether oxygens (including phenoxy) is 1. The van der Waals surface area contributed by atoms with Crippen LogP contribution in [0.5, 0.6) is 5.75 Å². The molecule has 0 aromatic heterocycles. The number of rotatable bonds is 4. The number of nitrogens with zero attached hydrogens (tertiary/aromatic N) is 1. The first-order valence-corrected chi connectivity index (χ1v) is 7.86. The van der Waals surface area contributed by atoms with Gasteiger partial charge in [0, 0.05) is 19.2 Å². The highest BCUT2D eigenvalue weighted by Crippen LogP contribution is 2.27. The standard InChI is InChI=1S/C13H16FNO5S/c1-20-12-7-10(4-5-11(12)14)21(18,19)15-6-2-3-9(8-15)13(16)17/h4-5,7,9H,2-3,6,8H2,1H3,(H,16,17). The zero-order valence-electron chi connectivity index (χ0n) is 11.5. The van der Waals surface area contributed by atoms with Gasteiger partial charge in [-0.3, -0.25) is 4.79 Å². The first kappa shape index (κ1) is 15.7. The van der Waals surface area contributed by atoms with Gasteiger partial charge in [0.15, 0.2) is 11.6 Å². The Morgan fingerprint density at radius 1 is 1.48 bits per heavy atom. The van der Waals surface area contributed by atoms with Crippen LogP contribution in [-0.4, -0.2) is 44.0 Å². The van der Waals surface area contributed by atoms with E-state index < -0.39 is 27.7 Å². The number of carboxylic acid groups (broad SMARTS) is 1. The van der Waals surface area contributed by atoms with Crippen LogP contribution in [-0.2, 0) is 14.8 Å². The number of carbonyl (C=O) groups is 1. The third-order valence-electron chi connectivity index (χ3n) is 3.49. The molecule has 21 heavy (non-hydrogen) atoms. The molecule has 1 atom stereocenters. The van der Waals surface area contributed by atoms with Crippen molar-refractivity contribution in [3.63, 3.8) is 0 Å². The summed E-state index contributed by atoms with van der Waals surface area (Å²) in [6, 6.07) is 3.27. The summed E-state index contributed by atoms with van der Waals surface area (Å²) < 4.78 is 44.2. The smallest absolute Gasteiger partial charge is 0.307 e. The fraction of sp³-hybridized carbons (Fsp3) is 0.462. The summed E-state index contributed by atoms with van der Waals surface area (Å²) in [4.78, 5) is 10.9. The number of hydrogen-bond donors (Lipinski definition) is 1. The maximum Gasteiger partial charge on any atom is 0.307 e. The number of carboxylic acids is 1. The zero-order chi connectivity index (χ0) is 15.6. The minimum Gasteiger partial charge on any atom is -0.494 e. The quantitative estimate of drug-likeness (QED) is 0.905. The third-order valence-corrected chi connectivity index (χ3v) is 5.35. The van der Waals surface area contributed by atoms with Crippen LogP contribution in [0.3, 0.4) is 0 Å². The van der Waals surface area contributed by atoms with Gasteiger partial charge in [-0.1, -0.05) is 0 Å². The predicted molar refractivity (Wildman–Crippen MR) is 72.1 cm³/mol. The van der Waals surface area contributed by atoms with Gasteiger partial charge in [0.1, 0.15) is 0 Å². The first-order valence-electron chi connectivity index (χ1n) is 6.42. The Morgan fingerprint density at radius 2 is 2.19 bits per heavy atom. The molecule has 0 amide bonds. The monoisotopic (exact) mass is 317 g/mol. The average molecular weight is 317 g/mol. The van der Waals surface area contributed by atoms with Gasteiger partial charge < -0.3 is 9.84 Å². The Hall–Kier alpha value is -1.67. The number of aliphatic carboxylic acids is 1. The topological polar surface area (TPSA) is 83.9 Å². The normalized spacial score (nSPS) is 20.2. The first-order chi connectivity index (χ1) is 9.86. The average Bonchev–Trinajstić information content (AvgIpc) is 2.47. The van der Waals surface area contributed by atoms with E-state index in [1.54, 1.807) is 0 Å². The zero-order valence-corrected chi connectivity index (χ0v) is 12.3. The fourth-order valence-corrected chi connectivity index (χ4v) is 3.85. The third kappa shape index (κ3) is 3.16. The van der Waals surface area contributed by atoms with Crippen LogP contribution in [0.25, 0.3) is 0 Å². The van der Waals surface area contributed by atoms with Gasteiger partial charge in [0.2, 0.25) is 10.0 Å². The molecule has 6 nitrogen and oxygen atoms in total. The minimum atomic E-state index is -3.85. The van der Waals surface area contributed by atoms with E-state index in [1.165, 1.54) is 7.11 Å². The van der Waals surface area contributed by atoms with Gasteiger partial charge in [-0.05, 0) is 25.0 Å².